The third-order valence-electron chi connectivity index (χ3n) is 1.01. The molecule has 78 valence electrons. The molecular formula is C5H3Cl3N2O3S. The summed E-state index contributed by atoms with van der Waals surface area (Å²) in [4.78, 5) is 6.98. The van der Waals surface area contributed by atoms with Crippen molar-refractivity contribution in [1.29, 1.82) is 0 Å². The Labute approximate surface area is 95.1 Å². The van der Waals surface area contributed by atoms with Crippen molar-refractivity contribution < 1.29 is 12.6 Å². The molecule has 0 unspecified atom stereocenters. The van der Waals surface area contributed by atoms with E-state index < -0.39 is 19.3 Å². The molecule has 1 aromatic heterocycles. The second kappa shape index (κ2) is 4.06. The Bertz CT molecular complexity index is 402. The van der Waals surface area contributed by atoms with Gasteiger partial charge in [0.25, 0.3) is 0 Å². The molecule has 0 aromatic carbocycles. The molecule has 0 bridgehead atoms. The molecule has 1 heterocycles. The monoisotopic (exact) mass is 276 g/mol. The smallest absolute Gasteiger partial charge is 0.340 e. The van der Waals surface area contributed by atoms with Gasteiger partial charge < -0.3 is 4.18 Å². The maximum atomic E-state index is 11.1. The molecule has 0 aliphatic rings. The maximum absolute atomic E-state index is 11.1. The van der Waals surface area contributed by atoms with Crippen LogP contribution in [-0.2, 0) is 10.1 Å². The van der Waals surface area contributed by atoms with Gasteiger partial charge in [-0.3, -0.25) is 0 Å². The van der Waals surface area contributed by atoms with E-state index in [0.29, 0.717) is 0 Å². The zero-order valence-electron chi connectivity index (χ0n) is 6.39. The third-order valence-corrected chi connectivity index (χ3v) is 3.65. The van der Waals surface area contributed by atoms with Crippen molar-refractivity contribution in [1.82, 2.24) is 9.97 Å². The summed E-state index contributed by atoms with van der Waals surface area (Å²) in [6.07, 6.45) is 2.58. The lowest BCUT2D eigenvalue weighted by Crippen LogP contribution is -2.25. The van der Waals surface area contributed by atoms with Crippen molar-refractivity contribution in [2.45, 2.75) is 3.12 Å². The van der Waals surface area contributed by atoms with Gasteiger partial charge in [-0.05, 0) is 6.07 Å². The first-order chi connectivity index (χ1) is 6.33. The first-order valence-electron chi connectivity index (χ1n) is 3.11. The fourth-order valence-electron chi connectivity index (χ4n) is 0.474. The molecule has 0 saturated heterocycles. The van der Waals surface area contributed by atoms with E-state index in [1.807, 2.05) is 0 Å². The van der Waals surface area contributed by atoms with Gasteiger partial charge in [-0.25, -0.2) is 9.97 Å². The second-order valence-electron chi connectivity index (χ2n) is 2.01. The summed E-state index contributed by atoms with van der Waals surface area (Å²) >= 11 is 15.4. The lowest BCUT2D eigenvalue weighted by Gasteiger charge is -2.10. The topological polar surface area (TPSA) is 69.2 Å². The molecular weight excluding hydrogens is 274 g/mol. The first kappa shape index (κ1) is 11.8. The predicted octanol–water partition coefficient (Wildman–Crippen LogP) is 1.51. The van der Waals surface area contributed by atoms with Gasteiger partial charge in [0.05, 0.1) is 0 Å². The van der Waals surface area contributed by atoms with Crippen LogP contribution in [-0.4, -0.2) is 21.5 Å². The van der Waals surface area contributed by atoms with Gasteiger partial charge in [0, 0.05) is 12.4 Å². The normalized spacial score (nSPS) is 12.5. The van der Waals surface area contributed by atoms with Crippen LogP contribution in [0.1, 0.15) is 0 Å². The number of halogens is 3. The Balaban J connectivity index is 2.91. The molecule has 0 fully saturated rings. The number of hydrogen-bond donors (Lipinski definition) is 0. The summed E-state index contributed by atoms with van der Waals surface area (Å²) in [6.45, 7) is 0. The zero-order valence-corrected chi connectivity index (χ0v) is 9.48. The molecule has 14 heavy (non-hydrogen) atoms. The lowest BCUT2D eigenvalue weighted by molar-refractivity contribution is 0.464. The van der Waals surface area contributed by atoms with Crippen LogP contribution in [0.15, 0.2) is 18.5 Å². The van der Waals surface area contributed by atoms with E-state index in [9.17, 15) is 8.42 Å². The summed E-state index contributed by atoms with van der Waals surface area (Å²) in [5, 5.41) is 0. The van der Waals surface area contributed by atoms with E-state index in [2.05, 4.69) is 14.2 Å². The van der Waals surface area contributed by atoms with Gasteiger partial charge in [0.2, 0.25) is 0 Å². The molecule has 0 atom stereocenters. The summed E-state index contributed by atoms with van der Waals surface area (Å²) in [6, 6.07) is 1.08. The van der Waals surface area contributed by atoms with Gasteiger partial charge in [0.1, 0.15) is 0 Å². The Morgan fingerprint density at radius 1 is 1.21 bits per heavy atom. The zero-order chi connectivity index (χ0) is 10.8. The average Bonchev–Trinajstić information content (AvgIpc) is 2.03. The summed E-state index contributed by atoms with van der Waals surface area (Å²) in [7, 11) is -4.38. The van der Waals surface area contributed by atoms with Gasteiger partial charge in [-0.2, -0.15) is 8.42 Å². The Morgan fingerprint density at radius 2 is 1.71 bits per heavy atom. The Morgan fingerprint density at radius 3 is 2.14 bits per heavy atom. The molecule has 1 rings (SSSR count). The van der Waals surface area contributed by atoms with Crippen LogP contribution in [0.3, 0.4) is 0 Å². The second-order valence-corrected chi connectivity index (χ2v) is 6.66. The Hall–Kier alpha value is -0.300. The van der Waals surface area contributed by atoms with Gasteiger partial charge in [-0.15, -0.1) is 0 Å². The van der Waals surface area contributed by atoms with Crippen LogP contribution >= 0.6 is 34.8 Å². The fraction of sp³-hybridized carbons (Fsp3) is 0.200. The number of aromatic nitrogens is 2. The summed E-state index contributed by atoms with van der Waals surface area (Å²) in [5.74, 6) is 0. The molecule has 0 amide bonds. The summed E-state index contributed by atoms with van der Waals surface area (Å²) in [5.41, 5.74) is 0. The van der Waals surface area contributed by atoms with Crippen LogP contribution in [0.5, 0.6) is 6.01 Å². The van der Waals surface area contributed by atoms with E-state index >= 15 is 0 Å². The van der Waals surface area contributed by atoms with Crippen LogP contribution in [0.2, 0.25) is 0 Å². The molecule has 0 aliphatic carbocycles. The molecule has 1 aromatic rings. The first-order valence-corrected chi connectivity index (χ1v) is 5.65. The molecule has 0 saturated carbocycles. The highest BCUT2D eigenvalue weighted by molar-refractivity contribution is 7.93. The largest absolute Gasteiger partial charge is 0.361 e. The molecule has 9 heteroatoms. The van der Waals surface area contributed by atoms with Crippen molar-refractivity contribution >= 4 is 44.9 Å². The molecule has 0 spiro atoms. The quantitative estimate of drug-likeness (QED) is 0.605. The number of nitrogens with zero attached hydrogens (tertiary/aromatic N) is 2. The number of rotatable bonds is 2. The average molecular weight is 278 g/mol. The van der Waals surface area contributed by atoms with Crippen LogP contribution < -0.4 is 4.18 Å². The van der Waals surface area contributed by atoms with E-state index in [4.69, 9.17) is 34.8 Å². The van der Waals surface area contributed by atoms with Crippen LogP contribution in [0.25, 0.3) is 0 Å². The Kier molecular flexibility index (Phi) is 3.41. The van der Waals surface area contributed by atoms with Gasteiger partial charge >= 0.3 is 19.3 Å². The molecule has 0 N–H and O–H groups in total. The SMILES string of the molecule is O=S(=O)(Oc1ncccn1)C(Cl)(Cl)Cl. The number of hydrogen-bond acceptors (Lipinski definition) is 5. The minimum absolute atomic E-state index is 0.404. The number of alkyl halides is 3. The third kappa shape index (κ3) is 2.84. The van der Waals surface area contributed by atoms with Crippen LogP contribution in [0, 0.1) is 0 Å². The summed E-state index contributed by atoms with van der Waals surface area (Å²) < 4.78 is 24.0. The van der Waals surface area contributed by atoms with E-state index in [0.717, 1.165) is 0 Å². The molecule has 5 nitrogen and oxygen atoms in total. The fourth-order valence-corrected chi connectivity index (χ4v) is 1.13. The highest BCUT2D eigenvalue weighted by Gasteiger charge is 2.41. The van der Waals surface area contributed by atoms with Gasteiger partial charge in [-0.1, -0.05) is 34.8 Å². The highest BCUT2D eigenvalue weighted by atomic mass is 35.6. The van der Waals surface area contributed by atoms with Crippen molar-refractivity contribution in [2.75, 3.05) is 0 Å². The molecule has 0 aliphatic heterocycles. The van der Waals surface area contributed by atoms with E-state index in [-0.39, 0.29) is 0 Å². The van der Waals surface area contributed by atoms with Crippen LogP contribution in [0.4, 0.5) is 0 Å². The van der Waals surface area contributed by atoms with Crippen molar-refractivity contribution in [3.05, 3.63) is 18.5 Å². The van der Waals surface area contributed by atoms with Crippen molar-refractivity contribution in [3.8, 4) is 6.01 Å². The minimum Gasteiger partial charge on any atom is -0.340 e. The molecule has 0 radical (unpaired) electrons. The highest BCUT2D eigenvalue weighted by Crippen LogP contribution is 2.33. The maximum Gasteiger partial charge on any atom is 0.361 e. The van der Waals surface area contributed by atoms with Crippen molar-refractivity contribution in [2.24, 2.45) is 0 Å². The lowest BCUT2D eigenvalue weighted by atomic mass is 10.7. The van der Waals surface area contributed by atoms with E-state index in [1.54, 1.807) is 0 Å². The minimum atomic E-state index is -4.38. The standard InChI is InChI=1S/C5H3Cl3N2O3S/c6-5(7,8)14(11,12)13-4-9-2-1-3-10-4/h1-3H. The van der Waals surface area contributed by atoms with Crippen molar-refractivity contribution in [3.63, 3.8) is 0 Å². The van der Waals surface area contributed by atoms with E-state index in [1.165, 1.54) is 18.5 Å². The van der Waals surface area contributed by atoms with Gasteiger partial charge in [0.15, 0.2) is 0 Å². The predicted molar refractivity (Wildman–Crippen MR) is 51.9 cm³/mol.